The van der Waals surface area contributed by atoms with E-state index < -0.39 is 0 Å². The number of aromatic amines is 1. The Morgan fingerprint density at radius 1 is 0.950 bits per heavy atom. The quantitative estimate of drug-likeness (QED) is 0.698. The van der Waals surface area contributed by atoms with Crippen molar-refractivity contribution in [3.63, 3.8) is 0 Å². The predicted molar refractivity (Wildman–Crippen MR) is 81.7 cm³/mol. The smallest absolute Gasteiger partial charge is 0.123 e. The maximum atomic E-state index is 11.4. The molecule has 0 radical (unpaired) electrons. The molecule has 0 fully saturated rings. The first-order valence-corrected chi connectivity index (χ1v) is 6.91. The standard InChI is InChI=1S/C18H17NO/c20-13-15(10-14-6-2-1-3-7-14)11-16-12-19-18-9-5-4-8-17(16)18/h1-9,12-13,15,19H,10-11H2. The Kier molecular flexibility index (Phi) is 3.64. The molecular weight excluding hydrogens is 246 g/mol. The molecule has 0 spiro atoms. The van der Waals surface area contributed by atoms with Crippen LogP contribution in [0.15, 0.2) is 60.8 Å². The summed E-state index contributed by atoms with van der Waals surface area (Å²) < 4.78 is 0. The predicted octanol–water partition coefficient (Wildman–Crippen LogP) is 3.77. The number of rotatable bonds is 5. The van der Waals surface area contributed by atoms with Gasteiger partial charge < -0.3 is 9.78 Å². The average Bonchev–Trinajstić information content (AvgIpc) is 2.91. The molecule has 2 heteroatoms. The number of aromatic nitrogens is 1. The number of H-pyrrole nitrogens is 1. The van der Waals surface area contributed by atoms with Gasteiger partial charge in [-0.2, -0.15) is 0 Å². The Bertz CT molecular complexity index is 700. The molecule has 2 nitrogen and oxygen atoms in total. The topological polar surface area (TPSA) is 32.9 Å². The average molecular weight is 263 g/mol. The minimum atomic E-state index is 0.0246. The van der Waals surface area contributed by atoms with Gasteiger partial charge in [0.15, 0.2) is 0 Å². The SMILES string of the molecule is O=CC(Cc1ccccc1)Cc1c[nH]c2ccccc12. The normalized spacial score (nSPS) is 12.4. The number of benzene rings is 2. The Morgan fingerprint density at radius 2 is 1.70 bits per heavy atom. The van der Waals surface area contributed by atoms with Crippen LogP contribution in [0, 0.1) is 5.92 Å². The lowest BCUT2D eigenvalue weighted by Gasteiger charge is -2.09. The number of carbonyl (C=O) groups is 1. The fraction of sp³-hybridized carbons (Fsp3) is 0.167. The monoisotopic (exact) mass is 263 g/mol. The molecule has 1 aromatic heterocycles. The van der Waals surface area contributed by atoms with Crippen molar-refractivity contribution in [2.75, 3.05) is 0 Å². The van der Waals surface area contributed by atoms with Gasteiger partial charge in [-0.25, -0.2) is 0 Å². The third-order valence-electron chi connectivity index (χ3n) is 3.69. The largest absolute Gasteiger partial charge is 0.361 e. The van der Waals surface area contributed by atoms with Crippen LogP contribution in [0.2, 0.25) is 0 Å². The van der Waals surface area contributed by atoms with Crippen LogP contribution in [-0.2, 0) is 17.6 Å². The van der Waals surface area contributed by atoms with Crippen LogP contribution in [0.25, 0.3) is 10.9 Å². The second-order valence-electron chi connectivity index (χ2n) is 5.15. The molecule has 0 aliphatic heterocycles. The van der Waals surface area contributed by atoms with E-state index >= 15 is 0 Å². The highest BCUT2D eigenvalue weighted by Crippen LogP contribution is 2.21. The summed E-state index contributed by atoms with van der Waals surface area (Å²) >= 11 is 0. The number of hydrogen-bond acceptors (Lipinski definition) is 1. The van der Waals surface area contributed by atoms with E-state index in [1.165, 1.54) is 16.5 Å². The lowest BCUT2D eigenvalue weighted by Crippen LogP contribution is -2.09. The maximum absolute atomic E-state index is 11.4. The van der Waals surface area contributed by atoms with Crippen molar-refractivity contribution < 1.29 is 4.79 Å². The first-order valence-electron chi connectivity index (χ1n) is 6.91. The van der Waals surface area contributed by atoms with Crippen molar-refractivity contribution in [1.29, 1.82) is 0 Å². The summed E-state index contributed by atoms with van der Waals surface area (Å²) in [4.78, 5) is 14.6. The molecule has 100 valence electrons. The zero-order valence-corrected chi connectivity index (χ0v) is 11.3. The third kappa shape index (κ3) is 2.64. The Morgan fingerprint density at radius 3 is 2.50 bits per heavy atom. The zero-order valence-electron chi connectivity index (χ0n) is 11.3. The second kappa shape index (κ2) is 5.74. The number of fused-ring (bicyclic) bond motifs is 1. The van der Waals surface area contributed by atoms with Gasteiger partial charge in [-0.05, 0) is 30.0 Å². The van der Waals surface area contributed by atoms with Crippen LogP contribution >= 0.6 is 0 Å². The molecule has 0 saturated heterocycles. The summed E-state index contributed by atoms with van der Waals surface area (Å²) in [5, 5.41) is 1.22. The van der Waals surface area contributed by atoms with Crippen molar-refractivity contribution in [2.24, 2.45) is 5.92 Å². The van der Waals surface area contributed by atoms with E-state index in [2.05, 4.69) is 29.2 Å². The fourth-order valence-electron chi connectivity index (χ4n) is 2.67. The molecule has 0 saturated carbocycles. The first kappa shape index (κ1) is 12.7. The maximum Gasteiger partial charge on any atom is 0.123 e. The summed E-state index contributed by atoms with van der Waals surface area (Å²) in [5.74, 6) is 0.0246. The van der Waals surface area contributed by atoms with Crippen LogP contribution in [0.1, 0.15) is 11.1 Å². The molecule has 1 N–H and O–H groups in total. The molecular formula is C18H17NO. The van der Waals surface area contributed by atoms with Crippen LogP contribution in [0.5, 0.6) is 0 Å². The molecule has 1 unspecified atom stereocenters. The first-order chi connectivity index (χ1) is 9.86. The molecule has 2 aromatic carbocycles. The summed E-state index contributed by atoms with van der Waals surface area (Å²) in [6, 6.07) is 18.4. The number of carbonyl (C=O) groups excluding carboxylic acids is 1. The summed E-state index contributed by atoms with van der Waals surface area (Å²) in [7, 11) is 0. The van der Waals surface area contributed by atoms with E-state index in [1.807, 2.05) is 36.5 Å². The van der Waals surface area contributed by atoms with Crippen LogP contribution in [0.4, 0.5) is 0 Å². The minimum Gasteiger partial charge on any atom is -0.361 e. The highest BCUT2D eigenvalue weighted by atomic mass is 16.1. The van der Waals surface area contributed by atoms with E-state index in [0.29, 0.717) is 0 Å². The minimum absolute atomic E-state index is 0.0246. The van der Waals surface area contributed by atoms with Gasteiger partial charge in [0.2, 0.25) is 0 Å². The van der Waals surface area contributed by atoms with Gasteiger partial charge in [0.05, 0.1) is 0 Å². The fourth-order valence-corrected chi connectivity index (χ4v) is 2.67. The van der Waals surface area contributed by atoms with Gasteiger partial charge in [0, 0.05) is 23.0 Å². The summed E-state index contributed by atoms with van der Waals surface area (Å²) in [5.41, 5.74) is 3.56. The zero-order chi connectivity index (χ0) is 13.8. The van der Waals surface area contributed by atoms with Gasteiger partial charge in [-0.3, -0.25) is 0 Å². The van der Waals surface area contributed by atoms with Gasteiger partial charge in [0.25, 0.3) is 0 Å². The van der Waals surface area contributed by atoms with Gasteiger partial charge in [0.1, 0.15) is 6.29 Å². The third-order valence-corrected chi connectivity index (χ3v) is 3.69. The van der Waals surface area contributed by atoms with E-state index in [1.54, 1.807) is 0 Å². The van der Waals surface area contributed by atoms with E-state index in [9.17, 15) is 4.79 Å². The van der Waals surface area contributed by atoms with Crippen molar-refractivity contribution in [3.8, 4) is 0 Å². The molecule has 1 atom stereocenters. The molecule has 1 heterocycles. The highest BCUT2D eigenvalue weighted by molar-refractivity contribution is 5.83. The van der Waals surface area contributed by atoms with Crippen LogP contribution < -0.4 is 0 Å². The lowest BCUT2D eigenvalue weighted by molar-refractivity contribution is -0.111. The molecule has 0 bridgehead atoms. The number of para-hydroxylation sites is 1. The second-order valence-corrected chi connectivity index (χ2v) is 5.15. The molecule has 0 aliphatic carbocycles. The van der Waals surface area contributed by atoms with Gasteiger partial charge in [-0.15, -0.1) is 0 Å². The molecule has 0 aliphatic rings. The Balaban J connectivity index is 1.79. The van der Waals surface area contributed by atoms with E-state index in [4.69, 9.17) is 0 Å². The van der Waals surface area contributed by atoms with Gasteiger partial charge in [-0.1, -0.05) is 48.5 Å². The highest BCUT2D eigenvalue weighted by Gasteiger charge is 2.12. The van der Waals surface area contributed by atoms with Gasteiger partial charge >= 0.3 is 0 Å². The van der Waals surface area contributed by atoms with Crippen molar-refractivity contribution >= 4 is 17.2 Å². The summed E-state index contributed by atoms with van der Waals surface area (Å²) in [6.45, 7) is 0. The molecule has 3 rings (SSSR count). The Hall–Kier alpha value is -2.35. The molecule has 20 heavy (non-hydrogen) atoms. The van der Waals surface area contributed by atoms with E-state index in [-0.39, 0.29) is 5.92 Å². The molecule has 3 aromatic rings. The van der Waals surface area contributed by atoms with Crippen molar-refractivity contribution in [3.05, 3.63) is 71.9 Å². The number of nitrogens with one attached hydrogen (secondary N) is 1. The van der Waals surface area contributed by atoms with E-state index in [0.717, 1.165) is 24.6 Å². The van der Waals surface area contributed by atoms with Crippen molar-refractivity contribution in [1.82, 2.24) is 4.98 Å². The molecule has 0 amide bonds. The van der Waals surface area contributed by atoms with Crippen LogP contribution in [-0.4, -0.2) is 11.3 Å². The Labute approximate surface area is 118 Å². The van der Waals surface area contributed by atoms with Crippen molar-refractivity contribution in [2.45, 2.75) is 12.8 Å². The number of aldehydes is 1. The lowest BCUT2D eigenvalue weighted by atomic mass is 9.93. The number of hydrogen-bond donors (Lipinski definition) is 1. The summed E-state index contributed by atoms with van der Waals surface area (Å²) in [6.07, 6.45) is 4.67. The van der Waals surface area contributed by atoms with Crippen LogP contribution in [0.3, 0.4) is 0 Å².